The minimum Gasteiger partial charge on any atom is -0.360 e. The number of hydrogen-bond donors (Lipinski definition) is 2. The molecule has 0 spiro atoms. The van der Waals surface area contributed by atoms with E-state index >= 15 is 0 Å². The third-order valence-corrected chi connectivity index (χ3v) is 5.27. The maximum atomic E-state index is 13.0. The van der Waals surface area contributed by atoms with Crippen LogP contribution in [0.1, 0.15) is 12.5 Å². The zero-order valence-electron chi connectivity index (χ0n) is 15.1. The Balaban J connectivity index is 1.57. The summed E-state index contributed by atoms with van der Waals surface area (Å²) in [7, 11) is 0. The van der Waals surface area contributed by atoms with Gasteiger partial charge >= 0.3 is 0 Å². The van der Waals surface area contributed by atoms with Crippen LogP contribution in [0.2, 0.25) is 5.02 Å². The van der Waals surface area contributed by atoms with E-state index in [-0.39, 0.29) is 17.8 Å². The van der Waals surface area contributed by atoms with Crippen LogP contribution < -0.4 is 15.1 Å². The number of aryl methyl sites for hydroxylation is 1. The molecule has 0 aliphatic carbocycles. The number of halogens is 2. The van der Waals surface area contributed by atoms with E-state index in [1.54, 1.807) is 12.1 Å². The van der Waals surface area contributed by atoms with Crippen LogP contribution in [0.5, 0.6) is 0 Å². The van der Waals surface area contributed by atoms with E-state index in [1.165, 1.54) is 28.3 Å². The van der Waals surface area contributed by atoms with Gasteiger partial charge in [-0.1, -0.05) is 17.7 Å². The number of rotatable bonds is 4. The van der Waals surface area contributed by atoms with Crippen LogP contribution in [0, 0.1) is 12.7 Å². The molecule has 2 N–H and O–H groups in total. The Labute approximate surface area is 158 Å². The Kier molecular flexibility index (Phi) is 5.79. The van der Waals surface area contributed by atoms with Crippen molar-refractivity contribution < 1.29 is 14.1 Å². The zero-order chi connectivity index (χ0) is 18.7. The van der Waals surface area contributed by atoms with E-state index in [0.29, 0.717) is 5.69 Å². The first-order valence-electron chi connectivity index (χ1n) is 8.86. The molecular formula is C20H24ClFN3O+. The molecule has 1 saturated heterocycles. The summed E-state index contributed by atoms with van der Waals surface area (Å²) >= 11 is 6.14. The largest absolute Gasteiger partial charge is 0.360 e. The topological polar surface area (TPSA) is 36.8 Å². The second kappa shape index (κ2) is 8.06. The van der Waals surface area contributed by atoms with Crippen LogP contribution in [-0.2, 0) is 4.79 Å². The number of quaternary nitrogens is 1. The summed E-state index contributed by atoms with van der Waals surface area (Å²) in [4.78, 5) is 16.1. The lowest BCUT2D eigenvalue weighted by molar-refractivity contribution is -0.914. The van der Waals surface area contributed by atoms with E-state index in [1.807, 2.05) is 25.1 Å². The molecule has 3 rings (SSSR count). The standard InChI is InChI=1S/C20H23ClFN3O/c1-14-3-4-16(21)13-19(14)25-11-9-24(10-12-25)15(2)20(26)23-18-7-5-17(22)6-8-18/h3-8,13,15H,9-12H2,1-2H3,(H,23,26)/p+1/t15-/m0/s1. The first-order valence-corrected chi connectivity index (χ1v) is 9.24. The maximum absolute atomic E-state index is 13.0. The fraction of sp³-hybridized carbons (Fsp3) is 0.350. The van der Waals surface area contributed by atoms with Crippen molar-refractivity contribution in [2.45, 2.75) is 19.9 Å². The molecule has 1 heterocycles. The SMILES string of the molecule is Cc1ccc(Cl)cc1N1CC[NH+]([C@@H](C)C(=O)Nc2ccc(F)cc2)CC1. The summed E-state index contributed by atoms with van der Waals surface area (Å²) in [5, 5.41) is 3.61. The number of nitrogens with zero attached hydrogens (tertiary/aromatic N) is 1. The third kappa shape index (κ3) is 4.34. The third-order valence-electron chi connectivity index (χ3n) is 5.03. The Hall–Kier alpha value is -2.11. The van der Waals surface area contributed by atoms with Crippen molar-refractivity contribution in [1.82, 2.24) is 0 Å². The van der Waals surface area contributed by atoms with Crippen LogP contribution >= 0.6 is 11.6 Å². The van der Waals surface area contributed by atoms with Gasteiger partial charge in [0.05, 0.1) is 26.2 Å². The molecule has 2 aromatic carbocycles. The summed E-state index contributed by atoms with van der Waals surface area (Å²) in [5.74, 6) is -0.354. The lowest BCUT2D eigenvalue weighted by atomic mass is 10.1. The molecule has 0 aromatic heterocycles. The molecule has 0 unspecified atom stereocenters. The molecule has 4 nitrogen and oxygen atoms in total. The van der Waals surface area contributed by atoms with E-state index in [2.05, 4.69) is 17.1 Å². The van der Waals surface area contributed by atoms with E-state index < -0.39 is 0 Å². The number of hydrogen-bond acceptors (Lipinski definition) is 2. The number of amides is 1. The van der Waals surface area contributed by atoms with Gasteiger partial charge in [0, 0.05) is 16.4 Å². The van der Waals surface area contributed by atoms with Crippen LogP contribution in [0.25, 0.3) is 0 Å². The highest BCUT2D eigenvalue weighted by atomic mass is 35.5. The number of piperazine rings is 1. The van der Waals surface area contributed by atoms with Gasteiger partial charge in [-0.2, -0.15) is 0 Å². The van der Waals surface area contributed by atoms with Gasteiger partial charge in [-0.3, -0.25) is 4.79 Å². The van der Waals surface area contributed by atoms with Crippen molar-refractivity contribution >= 4 is 28.9 Å². The van der Waals surface area contributed by atoms with Crippen molar-refractivity contribution in [1.29, 1.82) is 0 Å². The van der Waals surface area contributed by atoms with Crippen LogP contribution in [0.3, 0.4) is 0 Å². The van der Waals surface area contributed by atoms with Crippen molar-refractivity contribution in [2.75, 3.05) is 36.4 Å². The molecule has 1 aliphatic rings. The molecule has 2 aromatic rings. The Morgan fingerprint density at radius 3 is 2.50 bits per heavy atom. The predicted molar refractivity (Wildman–Crippen MR) is 104 cm³/mol. The molecule has 1 amide bonds. The molecule has 0 saturated carbocycles. The fourth-order valence-corrected chi connectivity index (χ4v) is 3.53. The molecule has 138 valence electrons. The number of carbonyl (C=O) groups excluding carboxylic acids is 1. The first kappa shape index (κ1) is 18.7. The summed E-state index contributed by atoms with van der Waals surface area (Å²) < 4.78 is 13.0. The highest BCUT2D eigenvalue weighted by Gasteiger charge is 2.29. The molecule has 6 heteroatoms. The molecule has 1 atom stereocenters. The van der Waals surface area contributed by atoms with Gasteiger partial charge in [0.2, 0.25) is 0 Å². The Morgan fingerprint density at radius 2 is 1.85 bits per heavy atom. The summed E-state index contributed by atoms with van der Waals surface area (Å²) in [6.45, 7) is 7.54. The minimum absolute atomic E-state index is 0.0426. The van der Waals surface area contributed by atoms with Crippen LogP contribution in [0.15, 0.2) is 42.5 Å². The molecule has 0 radical (unpaired) electrons. The molecule has 0 bridgehead atoms. The Bertz CT molecular complexity index is 773. The number of nitrogens with one attached hydrogen (secondary N) is 2. The average molecular weight is 377 g/mol. The van der Waals surface area contributed by atoms with E-state index in [4.69, 9.17) is 11.6 Å². The lowest BCUT2D eigenvalue weighted by Crippen LogP contribution is -3.19. The second-order valence-corrected chi connectivity index (χ2v) is 7.23. The second-order valence-electron chi connectivity index (χ2n) is 6.79. The average Bonchev–Trinajstić information content (AvgIpc) is 2.65. The van der Waals surface area contributed by atoms with Crippen molar-refractivity contribution in [2.24, 2.45) is 0 Å². The molecular weight excluding hydrogens is 353 g/mol. The zero-order valence-corrected chi connectivity index (χ0v) is 15.8. The highest BCUT2D eigenvalue weighted by Crippen LogP contribution is 2.24. The van der Waals surface area contributed by atoms with Crippen LogP contribution in [-0.4, -0.2) is 38.1 Å². The first-order chi connectivity index (χ1) is 12.4. The lowest BCUT2D eigenvalue weighted by Gasteiger charge is -2.36. The van der Waals surface area contributed by atoms with Gasteiger partial charge in [0.15, 0.2) is 6.04 Å². The monoisotopic (exact) mass is 376 g/mol. The van der Waals surface area contributed by atoms with Crippen molar-refractivity contribution in [3.8, 4) is 0 Å². The number of anilines is 2. The number of benzene rings is 2. The van der Waals surface area contributed by atoms with Gasteiger partial charge in [-0.05, 0) is 55.8 Å². The molecule has 1 aliphatic heterocycles. The molecule has 26 heavy (non-hydrogen) atoms. The molecule has 1 fully saturated rings. The summed E-state index contributed by atoms with van der Waals surface area (Å²) in [5.41, 5.74) is 3.00. The van der Waals surface area contributed by atoms with Gasteiger partial charge in [-0.15, -0.1) is 0 Å². The summed E-state index contributed by atoms with van der Waals surface area (Å²) in [6, 6.07) is 11.6. The smallest absolute Gasteiger partial charge is 0.282 e. The normalized spacial score (nSPS) is 16.4. The van der Waals surface area contributed by atoms with Gasteiger partial charge < -0.3 is 15.1 Å². The van der Waals surface area contributed by atoms with Crippen molar-refractivity contribution in [3.05, 3.63) is 58.9 Å². The fourth-order valence-electron chi connectivity index (χ4n) is 3.36. The van der Waals surface area contributed by atoms with E-state index in [0.717, 1.165) is 31.2 Å². The predicted octanol–water partition coefficient (Wildman–Crippen LogP) is 2.52. The minimum atomic E-state index is -0.311. The summed E-state index contributed by atoms with van der Waals surface area (Å²) in [6.07, 6.45) is 0. The quantitative estimate of drug-likeness (QED) is 0.860. The van der Waals surface area contributed by atoms with Gasteiger partial charge in [-0.25, -0.2) is 4.39 Å². The Morgan fingerprint density at radius 1 is 1.19 bits per heavy atom. The highest BCUT2D eigenvalue weighted by molar-refractivity contribution is 6.30. The van der Waals surface area contributed by atoms with E-state index in [9.17, 15) is 9.18 Å². The van der Waals surface area contributed by atoms with Gasteiger partial charge in [0.25, 0.3) is 5.91 Å². The van der Waals surface area contributed by atoms with Crippen LogP contribution in [0.4, 0.5) is 15.8 Å². The van der Waals surface area contributed by atoms with Crippen molar-refractivity contribution in [3.63, 3.8) is 0 Å². The van der Waals surface area contributed by atoms with Gasteiger partial charge in [0.1, 0.15) is 5.82 Å². The number of carbonyl (C=O) groups is 1. The maximum Gasteiger partial charge on any atom is 0.282 e.